The van der Waals surface area contributed by atoms with Crippen LogP contribution in [-0.2, 0) is 0 Å². The van der Waals surface area contributed by atoms with Crippen molar-refractivity contribution >= 4 is 27.3 Å². The van der Waals surface area contributed by atoms with Gasteiger partial charge in [-0.15, -0.1) is 0 Å². The van der Waals surface area contributed by atoms with E-state index in [9.17, 15) is 0 Å². The van der Waals surface area contributed by atoms with E-state index in [1.807, 2.05) is 0 Å². The van der Waals surface area contributed by atoms with E-state index in [2.05, 4.69) is 46.6 Å². The van der Waals surface area contributed by atoms with Gasteiger partial charge in [0.05, 0.1) is 22.0 Å². The van der Waals surface area contributed by atoms with Gasteiger partial charge in [-0.2, -0.15) is 0 Å². The number of pyridine rings is 1. The van der Waals surface area contributed by atoms with Crippen LogP contribution < -0.4 is 10.6 Å². The fraction of sp³-hybridized carbons (Fsp3) is 0.500. The highest BCUT2D eigenvalue weighted by atomic mass is 79.9. The van der Waals surface area contributed by atoms with Crippen LogP contribution in [-0.4, -0.2) is 17.6 Å². The molecule has 1 heterocycles. The zero-order valence-electron chi connectivity index (χ0n) is 8.79. The Morgan fingerprint density at radius 3 is 2.57 bits per heavy atom. The van der Waals surface area contributed by atoms with E-state index in [-0.39, 0.29) is 0 Å². The second-order valence-corrected chi connectivity index (χ2v) is 4.29. The molecule has 3 nitrogen and oxygen atoms in total. The number of anilines is 2. The maximum absolute atomic E-state index is 5.90. The Bertz CT molecular complexity index is 292. The van der Waals surface area contributed by atoms with Gasteiger partial charge in [-0.3, -0.25) is 4.98 Å². The van der Waals surface area contributed by atoms with Gasteiger partial charge >= 0.3 is 0 Å². The molecule has 0 bridgehead atoms. The first-order chi connectivity index (χ1) is 6.57. The predicted octanol–water partition coefficient (Wildman–Crippen LogP) is 2.66. The minimum atomic E-state index is 0.431. The van der Waals surface area contributed by atoms with E-state index < -0.39 is 0 Å². The standard InChI is InChI=1S/C10H16BrN3/c1-4-14(7(2)3)10-8(11)5-13-6-9(10)12/h5-7H,4,12H2,1-3H3. The smallest absolute Gasteiger partial charge is 0.0778 e. The van der Waals surface area contributed by atoms with Crippen LogP contribution in [0.1, 0.15) is 20.8 Å². The molecule has 0 amide bonds. The zero-order valence-corrected chi connectivity index (χ0v) is 10.4. The highest BCUT2D eigenvalue weighted by Gasteiger charge is 2.14. The lowest BCUT2D eigenvalue weighted by atomic mass is 10.2. The molecule has 0 spiro atoms. The molecule has 1 aromatic heterocycles. The first kappa shape index (κ1) is 11.3. The van der Waals surface area contributed by atoms with Crippen LogP contribution in [0.15, 0.2) is 16.9 Å². The van der Waals surface area contributed by atoms with Crippen LogP contribution in [0, 0.1) is 0 Å². The molecule has 0 aliphatic carbocycles. The summed E-state index contributed by atoms with van der Waals surface area (Å²) in [5, 5.41) is 0. The monoisotopic (exact) mass is 257 g/mol. The normalized spacial score (nSPS) is 10.6. The fourth-order valence-electron chi connectivity index (χ4n) is 1.53. The summed E-state index contributed by atoms with van der Waals surface area (Å²) >= 11 is 3.47. The van der Waals surface area contributed by atoms with E-state index >= 15 is 0 Å². The van der Waals surface area contributed by atoms with E-state index in [0.717, 1.165) is 22.4 Å². The van der Waals surface area contributed by atoms with E-state index in [4.69, 9.17) is 5.73 Å². The summed E-state index contributed by atoms with van der Waals surface area (Å²) < 4.78 is 0.952. The molecule has 0 radical (unpaired) electrons. The van der Waals surface area contributed by atoms with E-state index in [0.29, 0.717) is 6.04 Å². The molecule has 0 aliphatic rings. The topological polar surface area (TPSA) is 42.1 Å². The lowest BCUT2D eigenvalue weighted by Crippen LogP contribution is -2.31. The minimum Gasteiger partial charge on any atom is -0.396 e. The molecule has 0 fully saturated rings. The van der Waals surface area contributed by atoms with Gasteiger partial charge in [0.2, 0.25) is 0 Å². The second kappa shape index (κ2) is 4.64. The molecule has 0 atom stereocenters. The van der Waals surface area contributed by atoms with Crippen molar-refractivity contribution in [2.75, 3.05) is 17.2 Å². The average molecular weight is 258 g/mol. The molecule has 2 N–H and O–H groups in total. The van der Waals surface area contributed by atoms with Gasteiger partial charge in [-0.1, -0.05) is 0 Å². The lowest BCUT2D eigenvalue weighted by Gasteiger charge is -2.29. The third-order valence-electron chi connectivity index (χ3n) is 2.15. The highest BCUT2D eigenvalue weighted by Crippen LogP contribution is 2.32. The largest absolute Gasteiger partial charge is 0.396 e. The van der Waals surface area contributed by atoms with Crippen molar-refractivity contribution in [1.82, 2.24) is 4.98 Å². The average Bonchev–Trinajstić information content (AvgIpc) is 2.10. The van der Waals surface area contributed by atoms with Crippen LogP contribution in [0.25, 0.3) is 0 Å². The quantitative estimate of drug-likeness (QED) is 0.906. The fourth-order valence-corrected chi connectivity index (χ4v) is 2.10. The summed E-state index contributed by atoms with van der Waals surface area (Å²) in [5.41, 5.74) is 7.66. The molecule has 1 rings (SSSR count). The molecular formula is C10H16BrN3. The van der Waals surface area contributed by atoms with Crippen molar-refractivity contribution in [3.8, 4) is 0 Å². The Hall–Kier alpha value is -0.770. The molecule has 0 saturated carbocycles. The molecule has 4 heteroatoms. The van der Waals surface area contributed by atoms with Gasteiger partial charge in [0.1, 0.15) is 0 Å². The summed E-state index contributed by atoms with van der Waals surface area (Å²) in [6.07, 6.45) is 3.46. The van der Waals surface area contributed by atoms with Crippen LogP contribution in [0.5, 0.6) is 0 Å². The van der Waals surface area contributed by atoms with Gasteiger partial charge < -0.3 is 10.6 Å². The number of nitrogen functional groups attached to an aromatic ring is 1. The van der Waals surface area contributed by atoms with Crippen LogP contribution >= 0.6 is 15.9 Å². The number of nitrogens with two attached hydrogens (primary N) is 1. The summed E-state index contributed by atoms with van der Waals surface area (Å²) in [6, 6.07) is 0.431. The third kappa shape index (κ3) is 2.18. The molecule has 78 valence electrons. The van der Waals surface area contributed by atoms with Gasteiger partial charge in [-0.25, -0.2) is 0 Å². The first-order valence-electron chi connectivity index (χ1n) is 4.73. The van der Waals surface area contributed by atoms with Crippen LogP contribution in [0.3, 0.4) is 0 Å². The molecule has 14 heavy (non-hydrogen) atoms. The number of nitrogens with zero attached hydrogens (tertiary/aromatic N) is 2. The number of hydrogen-bond donors (Lipinski definition) is 1. The van der Waals surface area contributed by atoms with Crippen molar-refractivity contribution in [1.29, 1.82) is 0 Å². The number of hydrogen-bond acceptors (Lipinski definition) is 3. The first-order valence-corrected chi connectivity index (χ1v) is 5.52. The number of aromatic nitrogens is 1. The molecular weight excluding hydrogens is 242 g/mol. The van der Waals surface area contributed by atoms with Gasteiger partial charge in [0.25, 0.3) is 0 Å². The number of rotatable bonds is 3. The maximum atomic E-state index is 5.90. The predicted molar refractivity (Wildman–Crippen MR) is 64.5 cm³/mol. The molecule has 0 saturated heterocycles. The Balaban J connectivity index is 3.15. The SMILES string of the molecule is CCN(c1c(N)cncc1Br)C(C)C. The van der Waals surface area contributed by atoms with Crippen molar-refractivity contribution in [3.05, 3.63) is 16.9 Å². The van der Waals surface area contributed by atoms with E-state index in [1.54, 1.807) is 12.4 Å². The van der Waals surface area contributed by atoms with Gasteiger partial charge in [0.15, 0.2) is 0 Å². The number of halogens is 1. The Morgan fingerprint density at radius 1 is 1.50 bits per heavy atom. The molecule has 0 aliphatic heterocycles. The van der Waals surface area contributed by atoms with Gasteiger partial charge in [0, 0.05) is 18.8 Å². The summed E-state index contributed by atoms with van der Waals surface area (Å²) in [6.45, 7) is 7.35. The third-order valence-corrected chi connectivity index (χ3v) is 2.73. The van der Waals surface area contributed by atoms with Crippen LogP contribution in [0.4, 0.5) is 11.4 Å². The second-order valence-electron chi connectivity index (χ2n) is 3.44. The Labute approximate surface area is 93.4 Å². The Kier molecular flexibility index (Phi) is 3.75. The lowest BCUT2D eigenvalue weighted by molar-refractivity contribution is 0.703. The zero-order chi connectivity index (χ0) is 10.7. The molecule has 0 unspecified atom stereocenters. The van der Waals surface area contributed by atoms with Crippen molar-refractivity contribution in [2.45, 2.75) is 26.8 Å². The summed E-state index contributed by atoms with van der Waals surface area (Å²) in [5.74, 6) is 0. The minimum absolute atomic E-state index is 0.431. The van der Waals surface area contributed by atoms with Crippen molar-refractivity contribution in [3.63, 3.8) is 0 Å². The molecule has 1 aromatic rings. The van der Waals surface area contributed by atoms with E-state index in [1.165, 1.54) is 0 Å². The Morgan fingerprint density at radius 2 is 2.14 bits per heavy atom. The summed E-state index contributed by atoms with van der Waals surface area (Å²) in [4.78, 5) is 6.26. The van der Waals surface area contributed by atoms with Crippen molar-refractivity contribution < 1.29 is 0 Å². The molecule has 0 aromatic carbocycles. The van der Waals surface area contributed by atoms with Crippen LogP contribution in [0.2, 0.25) is 0 Å². The maximum Gasteiger partial charge on any atom is 0.0778 e. The highest BCUT2D eigenvalue weighted by molar-refractivity contribution is 9.10. The van der Waals surface area contributed by atoms with Gasteiger partial charge in [-0.05, 0) is 36.7 Å². The van der Waals surface area contributed by atoms with Crippen molar-refractivity contribution in [2.24, 2.45) is 0 Å². The summed E-state index contributed by atoms with van der Waals surface area (Å²) in [7, 11) is 0.